The molecule has 1 saturated heterocycles. The molecule has 0 N–H and O–H groups in total. The van der Waals surface area contributed by atoms with Gasteiger partial charge >= 0.3 is 6.09 Å². The Morgan fingerprint density at radius 3 is 2.76 bits per heavy atom. The smallest absolute Gasteiger partial charge is 0.419 e. The molecular weight excluding hydrogens is 294 g/mol. The largest absolute Gasteiger partial charge is 0.449 e. The summed E-state index contributed by atoms with van der Waals surface area (Å²) in [6.45, 7) is 3.82. The van der Waals surface area contributed by atoms with E-state index in [4.69, 9.17) is 4.74 Å². The molecule has 118 valence electrons. The maximum Gasteiger partial charge on any atom is 0.419 e. The van der Waals surface area contributed by atoms with Crippen molar-refractivity contribution in [3.8, 4) is 0 Å². The molecule has 0 saturated carbocycles. The van der Waals surface area contributed by atoms with E-state index in [1.165, 1.54) is 4.57 Å². The van der Waals surface area contributed by atoms with Crippen molar-refractivity contribution in [2.24, 2.45) is 0 Å². The molecule has 2 heterocycles. The number of rotatable bonds is 5. The number of hydrogen-bond donors (Lipinski definition) is 0. The SMILES string of the molecule is CCCCOC(=O)n1ccnc1CN1CCS(=O)(=O)CC1. The lowest BCUT2D eigenvalue weighted by molar-refractivity contribution is 0.144. The van der Waals surface area contributed by atoms with E-state index >= 15 is 0 Å². The van der Waals surface area contributed by atoms with Crippen LogP contribution in [0.2, 0.25) is 0 Å². The number of hydrogen-bond acceptors (Lipinski definition) is 6. The van der Waals surface area contributed by atoms with E-state index in [9.17, 15) is 13.2 Å². The Kier molecular flexibility index (Phi) is 5.35. The zero-order valence-corrected chi connectivity index (χ0v) is 13.0. The highest BCUT2D eigenvalue weighted by Gasteiger charge is 2.23. The van der Waals surface area contributed by atoms with Gasteiger partial charge < -0.3 is 4.74 Å². The predicted octanol–water partition coefficient (Wildman–Crippen LogP) is 0.898. The van der Waals surface area contributed by atoms with Crippen LogP contribution in [0.25, 0.3) is 0 Å². The van der Waals surface area contributed by atoms with Crippen molar-refractivity contribution in [2.75, 3.05) is 31.2 Å². The summed E-state index contributed by atoms with van der Waals surface area (Å²) >= 11 is 0. The van der Waals surface area contributed by atoms with Crippen LogP contribution in [-0.2, 0) is 21.1 Å². The van der Waals surface area contributed by atoms with Crippen molar-refractivity contribution in [2.45, 2.75) is 26.3 Å². The summed E-state index contributed by atoms with van der Waals surface area (Å²) in [5, 5.41) is 0. The van der Waals surface area contributed by atoms with Crippen LogP contribution in [0.5, 0.6) is 0 Å². The van der Waals surface area contributed by atoms with Gasteiger partial charge in [0.25, 0.3) is 0 Å². The second kappa shape index (κ2) is 7.04. The van der Waals surface area contributed by atoms with Crippen molar-refractivity contribution in [3.63, 3.8) is 0 Å². The van der Waals surface area contributed by atoms with Crippen LogP contribution in [0, 0.1) is 0 Å². The Morgan fingerprint density at radius 2 is 2.10 bits per heavy atom. The number of unbranched alkanes of at least 4 members (excludes halogenated alkanes) is 1. The van der Waals surface area contributed by atoms with Crippen molar-refractivity contribution in [1.82, 2.24) is 14.5 Å². The second-order valence-corrected chi connectivity index (χ2v) is 7.41. The van der Waals surface area contributed by atoms with Gasteiger partial charge in [0.1, 0.15) is 5.82 Å². The summed E-state index contributed by atoms with van der Waals surface area (Å²) in [6.07, 6.45) is 4.49. The minimum atomic E-state index is -2.90. The first-order valence-corrected chi connectivity index (χ1v) is 8.96. The van der Waals surface area contributed by atoms with Gasteiger partial charge in [-0.2, -0.15) is 0 Å². The second-order valence-electron chi connectivity index (χ2n) is 5.11. The molecule has 7 nitrogen and oxygen atoms in total. The third-order valence-electron chi connectivity index (χ3n) is 3.44. The molecule has 0 radical (unpaired) electrons. The van der Waals surface area contributed by atoms with E-state index in [0.717, 1.165) is 12.8 Å². The average Bonchev–Trinajstić information content (AvgIpc) is 2.89. The van der Waals surface area contributed by atoms with Gasteiger partial charge in [-0.1, -0.05) is 13.3 Å². The summed E-state index contributed by atoms with van der Waals surface area (Å²) in [5.74, 6) is 0.902. The number of carbonyl (C=O) groups is 1. The maximum atomic E-state index is 11.9. The molecule has 0 aliphatic carbocycles. The number of sulfone groups is 1. The van der Waals surface area contributed by atoms with E-state index in [2.05, 4.69) is 4.98 Å². The number of nitrogens with zero attached hydrogens (tertiary/aromatic N) is 3. The number of ether oxygens (including phenoxy) is 1. The van der Waals surface area contributed by atoms with Crippen molar-refractivity contribution in [1.29, 1.82) is 0 Å². The molecule has 1 aliphatic rings. The molecular formula is C13H21N3O4S. The summed E-state index contributed by atoms with van der Waals surface area (Å²) in [5.41, 5.74) is 0. The topological polar surface area (TPSA) is 81.5 Å². The molecule has 1 aliphatic heterocycles. The van der Waals surface area contributed by atoms with Gasteiger partial charge in [-0.25, -0.2) is 22.8 Å². The molecule has 0 unspecified atom stereocenters. The number of aromatic nitrogens is 2. The van der Waals surface area contributed by atoms with E-state index < -0.39 is 15.9 Å². The zero-order valence-electron chi connectivity index (χ0n) is 12.2. The minimum absolute atomic E-state index is 0.161. The van der Waals surface area contributed by atoms with Gasteiger partial charge in [0.2, 0.25) is 0 Å². The minimum Gasteiger partial charge on any atom is -0.449 e. The molecule has 0 atom stereocenters. The Labute approximate surface area is 124 Å². The fraction of sp³-hybridized carbons (Fsp3) is 0.692. The summed E-state index contributed by atoms with van der Waals surface area (Å²) in [6, 6.07) is 0. The molecule has 0 amide bonds. The molecule has 1 fully saturated rings. The first-order chi connectivity index (χ1) is 10.0. The van der Waals surface area contributed by atoms with Gasteiger partial charge in [-0.15, -0.1) is 0 Å². The Morgan fingerprint density at radius 1 is 1.38 bits per heavy atom. The van der Waals surface area contributed by atoms with Gasteiger partial charge in [0.15, 0.2) is 9.84 Å². The van der Waals surface area contributed by atoms with Crippen molar-refractivity contribution in [3.05, 3.63) is 18.2 Å². The van der Waals surface area contributed by atoms with Gasteiger partial charge in [0, 0.05) is 25.5 Å². The molecule has 2 rings (SSSR count). The van der Waals surface area contributed by atoms with Crippen molar-refractivity contribution >= 4 is 15.9 Å². The summed E-state index contributed by atoms with van der Waals surface area (Å²) in [7, 11) is -2.90. The molecule has 0 bridgehead atoms. The van der Waals surface area contributed by atoms with Gasteiger partial charge in [-0.3, -0.25) is 4.90 Å². The van der Waals surface area contributed by atoms with Crippen molar-refractivity contribution < 1.29 is 17.9 Å². The lowest BCUT2D eigenvalue weighted by atomic mass is 10.4. The quantitative estimate of drug-likeness (QED) is 0.751. The Bertz CT molecular complexity index is 568. The molecule has 21 heavy (non-hydrogen) atoms. The van der Waals surface area contributed by atoms with Crippen LogP contribution in [0.3, 0.4) is 0 Å². The molecule has 1 aromatic rings. The number of carbonyl (C=O) groups excluding carboxylic acids is 1. The molecule has 0 aromatic carbocycles. The third-order valence-corrected chi connectivity index (χ3v) is 5.05. The maximum absolute atomic E-state index is 11.9. The van der Waals surface area contributed by atoms with Crippen LogP contribution >= 0.6 is 0 Å². The van der Waals surface area contributed by atoms with E-state index in [1.54, 1.807) is 12.4 Å². The van der Waals surface area contributed by atoms with Gasteiger partial charge in [0.05, 0.1) is 24.7 Å². The van der Waals surface area contributed by atoms with Crippen LogP contribution in [0.15, 0.2) is 12.4 Å². The lowest BCUT2D eigenvalue weighted by Crippen LogP contribution is -2.40. The van der Waals surface area contributed by atoms with E-state index in [0.29, 0.717) is 32.1 Å². The fourth-order valence-corrected chi connectivity index (χ4v) is 3.38. The fourth-order valence-electron chi connectivity index (χ4n) is 2.10. The van der Waals surface area contributed by atoms with Crippen LogP contribution < -0.4 is 0 Å². The Hall–Kier alpha value is -1.41. The zero-order chi connectivity index (χ0) is 15.3. The van der Waals surface area contributed by atoms with Crippen LogP contribution in [0.4, 0.5) is 4.79 Å². The highest BCUT2D eigenvalue weighted by Crippen LogP contribution is 2.09. The molecule has 1 aromatic heterocycles. The average molecular weight is 315 g/mol. The third kappa shape index (κ3) is 4.53. The molecule has 0 spiro atoms. The standard InChI is InChI=1S/C13H21N3O4S/c1-2-3-8-20-13(17)16-5-4-14-12(16)11-15-6-9-21(18,19)10-7-15/h4-5H,2-3,6-11H2,1H3. The summed E-state index contributed by atoms with van der Waals surface area (Å²) < 4.78 is 29.3. The first kappa shape index (κ1) is 16.0. The normalized spacial score (nSPS) is 18.5. The first-order valence-electron chi connectivity index (χ1n) is 7.14. The monoisotopic (exact) mass is 315 g/mol. The highest BCUT2D eigenvalue weighted by atomic mass is 32.2. The Balaban J connectivity index is 1.93. The van der Waals surface area contributed by atoms with Crippen LogP contribution in [-0.4, -0.2) is 60.2 Å². The van der Waals surface area contributed by atoms with E-state index in [-0.39, 0.29) is 11.5 Å². The molecule has 8 heteroatoms. The van der Waals surface area contributed by atoms with Crippen LogP contribution in [0.1, 0.15) is 25.6 Å². The van der Waals surface area contributed by atoms with E-state index in [1.807, 2.05) is 11.8 Å². The summed E-state index contributed by atoms with van der Waals surface area (Å²) in [4.78, 5) is 18.1. The lowest BCUT2D eigenvalue weighted by Gasteiger charge is -2.26. The van der Waals surface area contributed by atoms with Gasteiger partial charge in [-0.05, 0) is 6.42 Å². The predicted molar refractivity (Wildman–Crippen MR) is 77.8 cm³/mol. The highest BCUT2D eigenvalue weighted by molar-refractivity contribution is 7.91. The number of imidazole rings is 1.